The minimum Gasteiger partial charge on any atom is -0.481 e. The van der Waals surface area contributed by atoms with E-state index in [1.165, 1.54) is 70.6 Å². The number of nitrogens with zero attached hydrogens (tertiary/aromatic N) is 1. The lowest BCUT2D eigenvalue weighted by molar-refractivity contribution is -0.873. The maximum Gasteiger partial charge on any atom is 0.307 e. The third-order valence-electron chi connectivity index (χ3n) is 4.94. The van der Waals surface area contributed by atoms with Crippen molar-refractivity contribution in [2.45, 2.75) is 109 Å². The lowest BCUT2D eigenvalue weighted by atomic mass is 10.0. The molecule has 0 unspecified atom stereocenters. The van der Waals surface area contributed by atoms with E-state index in [-0.39, 0.29) is 24.8 Å². The van der Waals surface area contributed by atoms with E-state index in [1.54, 1.807) is 0 Å². The Labute approximate surface area is 185 Å². The SMILES string of the molecule is CCCCCCCCCCCCCCCC(=O)O[C@H](CC(=O)O)C[N+](C)(C)C.Cl. The molecule has 0 saturated carbocycles. The third-order valence-corrected chi connectivity index (χ3v) is 4.94. The van der Waals surface area contributed by atoms with Crippen molar-refractivity contribution < 1.29 is 23.9 Å². The summed E-state index contributed by atoms with van der Waals surface area (Å²) in [4.78, 5) is 23.0. The zero-order valence-corrected chi connectivity index (χ0v) is 20.2. The van der Waals surface area contributed by atoms with Crippen molar-refractivity contribution in [1.29, 1.82) is 0 Å². The molecule has 29 heavy (non-hydrogen) atoms. The van der Waals surface area contributed by atoms with Crippen LogP contribution in [0.1, 0.15) is 103 Å². The molecule has 0 aromatic carbocycles. The molecule has 0 aliphatic rings. The molecule has 0 saturated heterocycles. The van der Waals surface area contributed by atoms with Crippen molar-refractivity contribution in [3.63, 3.8) is 0 Å². The predicted molar refractivity (Wildman–Crippen MR) is 123 cm³/mol. The molecule has 1 N–H and O–H groups in total. The molecule has 0 aliphatic heterocycles. The van der Waals surface area contributed by atoms with Gasteiger partial charge in [0.2, 0.25) is 0 Å². The Balaban J connectivity index is 0. The summed E-state index contributed by atoms with van der Waals surface area (Å²) in [7, 11) is 5.90. The summed E-state index contributed by atoms with van der Waals surface area (Å²) in [6.45, 7) is 2.77. The van der Waals surface area contributed by atoms with Crippen LogP contribution in [-0.4, -0.2) is 55.3 Å². The summed E-state index contributed by atoms with van der Waals surface area (Å²) in [6, 6.07) is 0. The summed E-state index contributed by atoms with van der Waals surface area (Å²) in [6.07, 6.45) is 16.2. The summed E-state index contributed by atoms with van der Waals surface area (Å²) >= 11 is 0. The quantitative estimate of drug-likeness (QED) is 0.153. The van der Waals surface area contributed by atoms with Crippen LogP contribution in [0.4, 0.5) is 0 Å². The number of hydrogen-bond donors (Lipinski definition) is 1. The van der Waals surface area contributed by atoms with Crippen LogP contribution >= 0.6 is 12.4 Å². The number of aliphatic carboxylic acids is 1. The van der Waals surface area contributed by atoms with Crippen LogP contribution < -0.4 is 0 Å². The molecule has 5 nitrogen and oxygen atoms in total. The summed E-state index contributed by atoms with van der Waals surface area (Å²) in [5, 5.41) is 8.99. The fourth-order valence-electron chi connectivity index (χ4n) is 3.48. The minimum absolute atomic E-state index is 0. The van der Waals surface area contributed by atoms with Crippen molar-refractivity contribution >= 4 is 24.3 Å². The molecule has 0 aromatic rings. The zero-order valence-electron chi connectivity index (χ0n) is 19.4. The van der Waals surface area contributed by atoms with Crippen molar-refractivity contribution in [1.82, 2.24) is 0 Å². The fraction of sp³-hybridized carbons (Fsp3) is 0.913. The number of carbonyl (C=O) groups excluding carboxylic acids is 1. The van der Waals surface area contributed by atoms with E-state index in [0.29, 0.717) is 17.4 Å². The van der Waals surface area contributed by atoms with Crippen LogP contribution in [0.5, 0.6) is 0 Å². The van der Waals surface area contributed by atoms with Gasteiger partial charge in [-0.05, 0) is 6.42 Å². The molecule has 174 valence electrons. The zero-order chi connectivity index (χ0) is 21.3. The van der Waals surface area contributed by atoms with E-state index < -0.39 is 12.1 Å². The summed E-state index contributed by atoms with van der Waals surface area (Å²) in [5.41, 5.74) is 0. The number of carboxylic acid groups (broad SMARTS) is 1. The van der Waals surface area contributed by atoms with Crippen LogP contribution in [-0.2, 0) is 14.3 Å². The fourth-order valence-corrected chi connectivity index (χ4v) is 3.48. The summed E-state index contributed by atoms with van der Waals surface area (Å²) in [5.74, 6) is -1.19. The van der Waals surface area contributed by atoms with Gasteiger partial charge in [-0.1, -0.05) is 84.0 Å². The number of unbranched alkanes of at least 4 members (excludes halogenated alkanes) is 12. The first-order valence-electron chi connectivity index (χ1n) is 11.5. The van der Waals surface area contributed by atoms with Gasteiger partial charge in [0, 0.05) is 6.42 Å². The smallest absolute Gasteiger partial charge is 0.307 e. The third kappa shape index (κ3) is 23.3. The van der Waals surface area contributed by atoms with Gasteiger partial charge in [-0.25, -0.2) is 0 Å². The minimum atomic E-state index is -0.924. The second-order valence-corrected chi connectivity index (χ2v) is 9.18. The second kappa shape index (κ2) is 19.2. The molecule has 0 aromatic heterocycles. The Kier molecular flexibility index (Phi) is 20.1. The molecule has 0 bridgehead atoms. The molecule has 0 aliphatic carbocycles. The highest BCUT2D eigenvalue weighted by atomic mass is 35.5. The van der Waals surface area contributed by atoms with E-state index in [0.717, 1.165) is 12.8 Å². The Morgan fingerprint density at radius 3 is 1.59 bits per heavy atom. The van der Waals surface area contributed by atoms with Crippen molar-refractivity contribution in [3.05, 3.63) is 0 Å². The number of quaternary nitrogens is 1. The molecule has 1 atom stereocenters. The van der Waals surface area contributed by atoms with Crippen LogP contribution in [0.15, 0.2) is 0 Å². The molecule has 6 heteroatoms. The molecule has 0 heterocycles. The first-order valence-corrected chi connectivity index (χ1v) is 11.5. The maximum atomic E-state index is 12.0. The van der Waals surface area contributed by atoms with E-state index >= 15 is 0 Å². The van der Waals surface area contributed by atoms with E-state index in [2.05, 4.69) is 6.92 Å². The van der Waals surface area contributed by atoms with Gasteiger partial charge in [0.15, 0.2) is 6.10 Å². The highest BCUT2D eigenvalue weighted by Crippen LogP contribution is 2.14. The average Bonchev–Trinajstić information content (AvgIpc) is 2.56. The van der Waals surface area contributed by atoms with Crippen molar-refractivity contribution in [2.24, 2.45) is 0 Å². The van der Waals surface area contributed by atoms with Crippen LogP contribution in [0.25, 0.3) is 0 Å². The highest BCUT2D eigenvalue weighted by Gasteiger charge is 2.24. The van der Waals surface area contributed by atoms with Crippen LogP contribution in [0.2, 0.25) is 0 Å². The molecule has 0 rings (SSSR count). The molecule has 0 amide bonds. The van der Waals surface area contributed by atoms with Gasteiger partial charge in [0.25, 0.3) is 0 Å². The molecule has 0 radical (unpaired) electrons. The van der Waals surface area contributed by atoms with Gasteiger partial charge in [-0.2, -0.15) is 0 Å². The second-order valence-electron chi connectivity index (χ2n) is 9.18. The van der Waals surface area contributed by atoms with Crippen molar-refractivity contribution in [2.75, 3.05) is 27.7 Å². The predicted octanol–water partition coefficient (Wildman–Crippen LogP) is 5.98. The maximum absolute atomic E-state index is 12.0. The van der Waals surface area contributed by atoms with Gasteiger partial charge in [-0.15, -0.1) is 12.4 Å². The molecular formula is C23H47ClNO4+. The van der Waals surface area contributed by atoms with E-state index in [1.807, 2.05) is 21.1 Å². The highest BCUT2D eigenvalue weighted by molar-refractivity contribution is 5.85. The number of esters is 1. The number of likely N-dealkylation sites (N-methyl/N-ethyl adjacent to an activating group) is 1. The number of carboxylic acids is 1. The summed E-state index contributed by atoms with van der Waals surface area (Å²) < 4.78 is 5.98. The average molecular weight is 437 g/mol. The standard InChI is InChI=1S/C23H45NO4.ClH/c1-5-6-7-8-9-10-11-12-13-14-15-16-17-18-23(27)28-21(19-22(25)26)20-24(2,3)4;/h21H,5-20H2,1-4H3;1H/p+1/t21-;/m1./s1. The number of halogens is 1. The number of hydrogen-bond acceptors (Lipinski definition) is 3. The molecule has 0 spiro atoms. The monoisotopic (exact) mass is 436 g/mol. The Bertz CT molecular complexity index is 410. The lowest BCUT2D eigenvalue weighted by Gasteiger charge is -2.28. The normalized spacial score (nSPS) is 12.3. The van der Waals surface area contributed by atoms with Gasteiger partial charge >= 0.3 is 11.9 Å². The Hall–Kier alpha value is -0.810. The van der Waals surface area contributed by atoms with Gasteiger partial charge < -0.3 is 14.3 Å². The largest absolute Gasteiger partial charge is 0.481 e. The Morgan fingerprint density at radius 1 is 0.793 bits per heavy atom. The van der Waals surface area contributed by atoms with Crippen molar-refractivity contribution in [3.8, 4) is 0 Å². The molecule has 0 fully saturated rings. The first-order chi connectivity index (χ1) is 13.2. The van der Waals surface area contributed by atoms with Gasteiger partial charge in [0.05, 0.1) is 27.6 Å². The Morgan fingerprint density at radius 2 is 1.21 bits per heavy atom. The van der Waals surface area contributed by atoms with Gasteiger partial charge in [-0.3, -0.25) is 9.59 Å². The van der Waals surface area contributed by atoms with Gasteiger partial charge in [0.1, 0.15) is 6.54 Å². The number of ether oxygens (including phenoxy) is 1. The van der Waals surface area contributed by atoms with Crippen LogP contribution in [0.3, 0.4) is 0 Å². The van der Waals surface area contributed by atoms with E-state index in [9.17, 15) is 9.59 Å². The molecular weight excluding hydrogens is 390 g/mol. The van der Waals surface area contributed by atoms with E-state index in [4.69, 9.17) is 9.84 Å². The first kappa shape index (κ1) is 30.4. The number of rotatable bonds is 19. The topological polar surface area (TPSA) is 63.6 Å². The van der Waals surface area contributed by atoms with Crippen LogP contribution in [0, 0.1) is 0 Å². The number of carbonyl (C=O) groups is 2. The lowest BCUT2D eigenvalue weighted by Crippen LogP contribution is -2.43.